The van der Waals surface area contributed by atoms with Crippen LogP contribution in [0.3, 0.4) is 0 Å². The van der Waals surface area contributed by atoms with Gasteiger partial charge in [0.1, 0.15) is 5.75 Å². The second-order valence-corrected chi connectivity index (χ2v) is 4.62. The minimum Gasteiger partial charge on any atom is -0.493 e. The predicted octanol–water partition coefficient (Wildman–Crippen LogP) is 2.70. The molecule has 0 spiro atoms. The molecule has 1 heterocycles. The zero-order valence-electron chi connectivity index (χ0n) is 11.0. The summed E-state index contributed by atoms with van der Waals surface area (Å²) in [4.78, 5) is 18.6. The van der Waals surface area contributed by atoms with E-state index in [-0.39, 0.29) is 5.91 Å². The molecule has 5 heteroatoms. The third kappa shape index (κ3) is 3.84. The standard InChI is InChI=1S/C14H17N3O2/c1-10(2)9-19-12-5-3-11(4-6-12)13(18)17-14-15-7-8-16-14/h3-8,10H,9H2,1-2H3,(H2,15,16,17,18). The summed E-state index contributed by atoms with van der Waals surface area (Å²) in [6.45, 7) is 4.84. The Balaban J connectivity index is 1.96. The van der Waals surface area contributed by atoms with Crippen LogP contribution in [0.5, 0.6) is 5.75 Å². The average Bonchev–Trinajstić information content (AvgIpc) is 2.89. The molecular formula is C14H17N3O2. The number of hydrogen-bond acceptors (Lipinski definition) is 3. The third-order valence-electron chi connectivity index (χ3n) is 2.43. The molecule has 2 rings (SSSR count). The fraction of sp³-hybridized carbons (Fsp3) is 0.286. The number of amides is 1. The average molecular weight is 259 g/mol. The molecule has 0 aliphatic carbocycles. The van der Waals surface area contributed by atoms with Gasteiger partial charge in [-0.05, 0) is 30.2 Å². The lowest BCUT2D eigenvalue weighted by Crippen LogP contribution is -2.12. The first-order valence-corrected chi connectivity index (χ1v) is 6.19. The molecule has 1 aromatic carbocycles. The fourth-order valence-corrected chi connectivity index (χ4v) is 1.48. The monoisotopic (exact) mass is 259 g/mol. The number of benzene rings is 1. The van der Waals surface area contributed by atoms with E-state index in [0.717, 1.165) is 5.75 Å². The molecule has 0 atom stereocenters. The highest BCUT2D eigenvalue weighted by Crippen LogP contribution is 2.14. The van der Waals surface area contributed by atoms with E-state index in [0.29, 0.717) is 24.0 Å². The van der Waals surface area contributed by atoms with E-state index >= 15 is 0 Å². The molecule has 0 aliphatic heterocycles. The summed E-state index contributed by atoms with van der Waals surface area (Å²) < 4.78 is 5.56. The largest absolute Gasteiger partial charge is 0.493 e. The van der Waals surface area contributed by atoms with Crippen LogP contribution < -0.4 is 10.1 Å². The van der Waals surface area contributed by atoms with Crippen molar-refractivity contribution in [3.05, 3.63) is 42.2 Å². The van der Waals surface area contributed by atoms with Gasteiger partial charge >= 0.3 is 0 Å². The number of aromatic nitrogens is 2. The number of nitrogens with one attached hydrogen (secondary N) is 2. The van der Waals surface area contributed by atoms with E-state index in [2.05, 4.69) is 29.1 Å². The molecule has 0 radical (unpaired) electrons. The van der Waals surface area contributed by atoms with E-state index < -0.39 is 0 Å². The van der Waals surface area contributed by atoms with Crippen LogP contribution in [0.4, 0.5) is 5.95 Å². The first-order valence-electron chi connectivity index (χ1n) is 6.19. The Morgan fingerprint density at radius 1 is 1.37 bits per heavy atom. The van der Waals surface area contributed by atoms with Crippen LogP contribution >= 0.6 is 0 Å². The Morgan fingerprint density at radius 2 is 2.11 bits per heavy atom. The van der Waals surface area contributed by atoms with Crippen LogP contribution in [0.15, 0.2) is 36.7 Å². The third-order valence-corrected chi connectivity index (χ3v) is 2.43. The zero-order chi connectivity index (χ0) is 13.7. The number of rotatable bonds is 5. The van der Waals surface area contributed by atoms with Crippen molar-refractivity contribution in [1.82, 2.24) is 9.97 Å². The van der Waals surface area contributed by atoms with Crippen molar-refractivity contribution in [2.24, 2.45) is 5.92 Å². The van der Waals surface area contributed by atoms with Gasteiger partial charge in [0.2, 0.25) is 5.95 Å². The minimum absolute atomic E-state index is 0.203. The number of aromatic amines is 1. The van der Waals surface area contributed by atoms with E-state index in [1.165, 1.54) is 0 Å². The van der Waals surface area contributed by atoms with Gasteiger partial charge in [-0.3, -0.25) is 10.1 Å². The fourth-order valence-electron chi connectivity index (χ4n) is 1.48. The van der Waals surface area contributed by atoms with E-state index in [4.69, 9.17) is 4.74 Å². The van der Waals surface area contributed by atoms with Crippen LogP contribution in [-0.4, -0.2) is 22.5 Å². The van der Waals surface area contributed by atoms with Gasteiger partial charge in [-0.15, -0.1) is 0 Å². The van der Waals surface area contributed by atoms with Gasteiger partial charge in [0.15, 0.2) is 0 Å². The molecule has 5 nitrogen and oxygen atoms in total. The molecule has 1 aromatic heterocycles. The van der Waals surface area contributed by atoms with Crippen LogP contribution in [-0.2, 0) is 0 Å². The molecule has 0 unspecified atom stereocenters. The number of carbonyl (C=O) groups excluding carboxylic acids is 1. The van der Waals surface area contributed by atoms with Gasteiger partial charge in [0.05, 0.1) is 6.61 Å². The van der Waals surface area contributed by atoms with Crippen molar-refractivity contribution in [1.29, 1.82) is 0 Å². The smallest absolute Gasteiger partial charge is 0.257 e. The Hall–Kier alpha value is -2.30. The topological polar surface area (TPSA) is 67.0 Å². The molecule has 0 bridgehead atoms. The van der Waals surface area contributed by atoms with Crippen molar-refractivity contribution in [2.45, 2.75) is 13.8 Å². The number of imidazole rings is 1. The summed E-state index contributed by atoms with van der Waals surface area (Å²) in [5.41, 5.74) is 0.563. The first kappa shape index (κ1) is 13.1. The summed E-state index contributed by atoms with van der Waals surface area (Å²) in [5, 5.41) is 2.66. The van der Waals surface area contributed by atoms with Crippen molar-refractivity contribution in [3.63, 3.8) is 0 Å². The number of H-pyrrole nitrogens is 1. The highest BCUT2D eigenvalue weighted by atomic mass is 16.5. The Morgan fingerprint density at radius 3 is 2.68 bits per heavy atom. The van der Waals surface area contributed by atoms with E-state index in [9.17, 15) is 4.79 Å². The summed E-state index contributed by atoms with van der Waals surface area (Å²) in [7, 11) is 0. The molecule has 0 saturated carbocycles. The molecule has 100 valence electrons. The van der Waals surface area contributed by atoms with Crippen molar-refractivity contribution >= 4 is 11.9 Å². The Bertz CT molecular complexity index is 518. The maximum absolute atomic E-state index is 11.9. The second-order valence-electron chi connectivity index (χ2n) is 4.62. The lowest BCUT2D eigenvalue weighted by atomic mass is 10.2. The number of anilines is 1. The Labute approximate surface area is 112 Å². The first-order chi connectivity index (χ1) is 9.15. The maximum Gasteiger partial charge on any atom is 0.257 e. The van der Waals surface area contributed by atoms with Gasteiger partial charge < -0.3 is 9.72 Å². The van der Waals surface area contributed by atoms with Gasteiger partial charge in [0, 0.05) is 18.0 Å². The number of ether oxygens (including phenoxy) is 1. The number of carbonyl (C=O) groups is 1. The summed E-state index contributed by atoms with van der Waals surface area (Å²) >= 11 is 0. The van der Waals surface area contributed by atoms with Crippen molar-refractivity contribution in [3.8, 4) is 5.75 Å². The van der Waals surface area contributed by atoms with Gasteiger partial charge in [0.25, 0.3) is 5.91 Å². The molecular weight excluding hydrogens is 242 g/mol. The van der Waals surface area contributed by atoms with Gasteiger partial charge in [-0.2, -0.15) is 0 Å². The summed E-state index contributed by atoms with van der Waals surface area (Å²) in [6.07, 6.45) is 3.23. The van der Waals surface area contributed by atoms with Crippen molar-refractivity contribution < 1.29 is 9.53 Å². The van der Waals surface area contributed by atoms with Crippen LogP contribution in [0.2, 0.25) is 0 Å². The van der Waals surface area contributed by atoms with Crippen LogP contribution in [0, 0.1) is 5.92 Å². The van der Waals surface area contributed by atoms with Crippen LogP contribution in [0.25, 0.3) is 0 Å². The Kier molecular flexibility index (Phi) is 4.18. The molecule has 2 aromatic rings. The SMILES string of the molecule is CC(C)COc1ccc(C(=O)Nc2ncc[nH]2)cc1. The highest BCUT2D eigenvalue weighted by Gasteiger charge is 2.07. The zero-order valence-corrected chi connectivity index (χ0v) is 11.0. The van der Waals surface area contributed by atoms with Gasteiger partial charge in [-0.1, -0.05) is 13.8 Å². The quantitative estimate of drug-likeness (QED) is 0.867. The highest BCUT2D eigenvalue weighted by molar-refractivity contribution is 6.03. The second kappa shape index (κ2) is 6.04. The van der Waals surface area contributed by atoms with E-state index in [1.54, 1.807) is 36.7 Å². The van der Waals surface area contributed by atoms with E-state index in [1.807, 2.05) is 0 Å². The van der Waals surface area contributed by atoms with Crippen LogP contribution in [0.1, 0.15) is 24.2 Å². The van der Waals surface area contributed by atoms with Crippen molar-refractivity contribution in [2.75, 3.05) is 11.9 Å². The number of nitrogens with zero attached hydrogens (tertiary/aromatic N) is 1. The molecule has 0 fully saturated rings. The summed E-state index contributed by atoms with van der Waals surface area (Å²) in [5.74, 6) is 1.47. The molecule has 0 aliphatic rings. The lowest BCUT2D eigenvalue weighted by Gasteiger charge is -2.09. The molecule has 0 saturated heterocycles. The molecule has 1 amide bonds. The normalized spacial score (nSPS) is 10.5. The number of hydrogen-bond donors (Lipinski definition) is 2. The van der Waals surface area contributed by atoms with Gasteiger partial charge in [-0.25, -0.2) is 4.98 Å². The summed E-state index contributed by atoms with van der Waals surface area (Å²) in [6, 6.07) is 7.04. The lowest BCUT2D eigenvalue weighted by molar-refractivity contribution is 0.102. The maximum atomic E-state index is 11.9. The molecule has 2 N–H and O–H groups in total. The minimum atomic E-state index is -0.203. The predicted molar refractivity (Wildman–Crippen MR) is 73.3 cm³/mol. The molecule has 19 heavy (non-hydrogen) atoms.